The lowest BCUT2D eigenvalue weighted by molar-refractivity contribution is 0.0601. The van der Waals surface area contributed by atoms with Gasteiger partial charge in [0.1, 0.15) is 5.01 Å². The minimum absolute atomic E-state index is 0.0190. The highest BCUT2D eigenvalue weighted by molar-refractivity contribution is 7.11. The highest BCUT2D eigenvalue weighted by Crippen LogP contribution is 2.28. The summed E-state index contributed by atoms with van der Waals surface area (Å²) < 4.78 is 4.72. The van der Waals surface area contributed by atoms with E-state index in [1.54, 1.807) is 29.5 Å². The monoisotopic (exact) mass is 305 g/mol. The molecule has 2 aromatic rings. The molecule has 0 fully saturated rings. The molecule has 2 rings (SSSR count). The molecule has 1 unspecified atom stereocenters. The first-order chi connectivity index (χ1) is 10.0. The van der Waals surface area contributed by atoms with Gasteiger partial charge in [-0.15, -0.1) is 11.3 Å². The third kappa shape index (κ3) is 3.52. The quantitative estimate of drug-likeness (QED) is 0.655. The molecule has 1 heterocycles. The summed E-state index contributed by atoms with van der Waals surface area (Å²) in [6.45, 7) is 4.12. The molecule has 21 heavy (non-hydrogen) atoms. The molecule has 112 valence electrons. The van der Waals surface area contributed by atoms with Crippen LogP contribution in [0.25, 0.3) is 0 Å². The molecule has 0 bridgehead atoms. The number of anilines is 2. The van der Waals surface area contributed by atoms with Gasteiger partial charge in [-0.2, -0.15) is 0 Å². The number of carbonyl (C=O) groups is 1. The zero-order valence-corrected chi connectivity index (χ0v) is 13.2. The number of nitrogens with two attached hydrogens (primary N) is 1. The van der Waals surface area contributed by atoms with Crippen LogP contribution >= 0.6 is 11.3 Å². The van der Waals surface area contributed by atoms with E-state index in [1.165, 1.54) is 12.0 Å². The van der Waals surface area contributed by atoms with Gasteiger partial charge in [-0.1, -0.05) is 6.92 Å². The lowest BCUT2D eigenvalue weighted by Crippen LogP contribution is -2.10. The number of nitrogens with one attached hydrogen (secondary N) is 1. The summed E-state index contributed by atoms with van der Waals surface area (Å²) in [5, 5.41) is 4.29. The van der Waals surface area contributed by atoms with Gasteiger partial charge in [-0.3, -0.25) is 0 Å². The minimum Gasteiger partial charge on any atom is -0.465 e. The van der Waals surface area contributed by atoms with Gasteiger partial charge in [0.15, 0.2) is 0 Å². The van der Waals surface area contributed by atoms with Crippen LogP contribution in [0.1, 0.15) is 40.1 Å². The number of hydrogen-bond acceptors (Lipinski definition) is 6. The van der Waals surface area contributed by atoms with Gasteiger partial charge in [-0.25, -0.2) is 9.78 Å². The maximum absolute atomic E-state index is 11.6. The van der Waals surface area contributed by atoms with Gasteiger partial charge < -0.3 is 15.8 Å². The number of nitrogen functional groups attached to an aromatic ring is 1. The fourth-order valence-electron chi connectivity index (χ4n) is 1.91. The Kier molecular flexibility index (Phi) is 4.80. The van der Waals surface area contributed by atoms with Gasteiger partial charge >= 0.3 is 5.97 Å². The Bertz CT molecular complexity index is 640. The molecule has 3 N–H and O–H groups in total. The maximum Gasteiger partial charge on any atom is 0.337 e. The molecule has 0 amide bonds. The van der Waals surface area contributed by atoms with Crippen molar-refractivity contribution in [3.8, 4) is 0 Å². The second kappa shape index (κ2) is 6.58. The predicted molar refractivity (Wildman–Crippen MR) is 85.7 cm³/mol. The maximum atomic E-state index is 11.6. The second-order valence-corrected chi connectivity index (χ2v) is 5.82. The van der Waals surface area contributed by atoms with Gasteiger partial charge in [-0.05, 0) is 31.5 Å². The lowest BCUT2D eigenvalue weighted by atomic mass is 10.1. The fraction of sp³-hybridized carbons (Fsp3) is 0.333. The zero-order valence-electron chi connectivity index (χ0n) is 12.3. The predicted octanol–water partition coefficient (Wildman–Crippen LogP) is 3.25. The first-order valence-corrected chi connectivity index (χ1v) is 7.55. The molecule has 1 aromatic heterocycles. The summed E-state index contributed by atoms with van der Waals surface area (Å²) in [4.78, 5) is 17.2. The lowest BCUT2D eigenvalue weighted by Gasteiger charge is -2.15. The Morgan fingerprint density at radius 2 is 2.29 bits per heavy atom. The number of methoxy groups -OCH3 is 1. The summed E-state index contributed by atoms with van der Waals surface area (Å²) in [6, 6.07) is 5.06. The normalized spacial score (nSPS) is 12.0. The molecular formula is C15H19N3O2S. The number of esters is 1. The van der Waals surface area contributed by atoms with Crippen LogP contribution in [-0.4, -0.2) is 18.1 Å². The smallest absolute Gasteiger partial charge is 0.337 e. The Balaban J connectivity index is 2.19. The van der Waals surface area contributed by atoms with Crippen molar-refractivity contribution in [1.29, 1.82) is 0 Å². The average molecular weight is 305 g/mol. The first-order valence-electron chi connectivity index (χ1n) is 6.74. The third-order valence-corrected chi connectivity index (χ3v) is 4.46. The van der Waals surface area contributed by atoms with Crippen LogP contribution in [-0.2, 0) is 11.2 Å². The van der Waals surface area contributed by atoms with Crippen LogP contribution in [0.5, 0.6) is 0 Å². The number of aromatic nitrogens is 1. The van der Waals surface area contributed by atoms with Crippen molar-refractivity contribution in [2.45, 2.75) is 26.3 Å². The van der Waals surface area contributed by atoms with E-state index >= 15 is 0 Å². The van der Waals surface area contributed by atoms with E-state index in [1.807, 2.05) is 13.1 Å². The average Bonchev–Trinajstić information content (AvgIpc) is 2.97. The molecule has 5 nitrogen and oxygen atoms in total. The Morgan fingerprint density at radius 3 is 2.90 bits per heavy atom. The van der Waals surface area contributed by atoms with Gasteiger partial charge in [0.05, 0.1) is 30.1 Å². The number of hydrogen-bond donors (Lipinski definition) is 2. The molecule has 0 radical (unpaired) electrons. The van der Waals surface area contributed by atoms with E-state index in [4.69, 9.17) is 10.5 Å². The van der Waals surface area contributed by atoms with E-state index < -0.39 is 0 Å². The number of ether oxygens (including phenoxy) is 1. The number of rotatable bonds is 5. The number of thiazole rings is 1. The molecular weight excluding hydrogens is 286 g/mol. The van der Waals surface area contributed by atoms with Crippen LogP contribution in [0, 0.1) is 0 Å². The highest BCUT2D eigenvalue weighted by atomic mass is 32.1. The molecule has 1 atom stereocenters. The molecule has 0 saturated heterocycles. The van der Waals surface area contributed by atoms with E-state index in [0.29, 0.717) is 16.9 Å². The topological polar surface area (TPSA) is 77.2 Å². The Labute approximate surface area is 128 Å². The van der Waals surface area contributed by atoms with Gasteiger partial charge in [0, 0.05) is 11.1 Å². The van der Waals surface area contributed by atoms with E-state index in [-0.39, 0.29) is 12.0 Å². The van der Waals surface area contributed by atoms with E-state index in [9.17, 15) is 4.79 Å². The van der Waals surface area contributed by atoms with Crippen molar-refractivity contribution in [2.75, 3.05) is 18.2 Å². The molecule has 0 spiro atoms. The molecule has 0 aliphatic heterocycles. The van der Waals surface area contributed by atoms with Crippen LogP contribution in [0.2, 0.25) is 0 Å². The van der Waals surface area contributed by atoms with Crippen molar-refractivity contribution in [2.24, 2.45) is 0 Å². The number of nitrogens with zero attached hydrogens (tertiary/aromatic N) is 1. The summed E-state index contributed by atoms with van der Waals surface area (Å²) >= 11 is 1.68. The van der Waals surface area contributed by atoms with Crippen molar-refractivity contribution >= 4 is 28.7 Å². The summed E-state index contributed by atoms with van der Waals surface area (Å²) in [5.74, 6) is -0.381. The zero-order chi connectivity index (χ0) is 15.4. The van der Waals surface area contributed by atoms with Crippen molar-refractivity contribution < 1.29 is 9.53 Å². The van der Waals surface area contributed by atoms with Crippen molar-refractivity contribution in [3.05, 3.63) is 39.8 Å². The summed E-state index contributed by atoms with van der Waals surface area (Å²) in [7, 11) is 1.36. The van der Waals surface area contributed by atoms with Crippen LogP contribution in [0.15, 0.2) is 24.4 Å². The fourth-order valence-corrected chi connectivity index (χ4v) is 2.77. The third-order valence-electron chi connectivity index (χ3n) is 3.14. The second-order valence-electron chi connectivity index (χ2n) is 4.68. The van der Waals surface area contributed by atoms with Crippen LogP contribution in [0.3, 0.4) is 0 Å². The number of carbonyl (C=O) groups excluding carboxylic acids is 1. The SMILES string of the molecule is CCc1cnc(C(C)Nc2cc(C(=O)OC)ccc2N)s1. The molecule has 1 aromatic carbocycles. The van der Waals surface area contributed by atoms with Crippen LogP contribution in [0.4, 0.5) is 11.4 Å². The Hall–Kier alpha value is -2.08. The molecule has 0 aliphatic rings. The van der Waals surface area contributed by atoms with E-state index in [0.717, 1.165) is 11.4 Å². The van der Waals surface area contributed by atoms with Crippen LogP contribution < -0.4 is 11.1 Å². The molecule has 6 heteroatoms. The summed E-state index contributed by atoms with van der Waals surface area (Å²) in [6.07, 6.45) is 2.87. The highest BCUT2D eigenvalue weighted by Gasteiger charge is 2.13. The molecule has 0 saturated carbocycles. The van der Waals surface area contributed by atoms with Gasteiger partial charge in [0.2, 0.25) is 0 Å². The summed E-state index contributed by atoms with van der Waals surface area (Å²) in [5.41, 5.74) is 7.72. The number of benzene rings is 1. The number of aryl methyl sites for hydroxylation is 1. The largest absolute Gasteiger partial charge is 0.465 e. The molecule has 0 aliphatic carbocycles. The standard InChI is InChI=1S/C15H19N3O2S/c1-4-11-8-17-14(21-11)9(2)18-13-7-10(15(19)20-3)5-6-12(13)16/h5-9,18H,4,16H2,1-3H3. The van der Waals surface area contributed by atoms with Crippen molar-refractivity contribution in [1.82, 2.24) is 4.98 Å². The Morgan fingerprint density at radius 1 is 1.52 bits per heavy atom. The van der Waals surface area contributed by atoms with E-state index in [2.05, 4.69) is 17.2 Å². The minimum atomic E-state index is -0.381. The van der Waals surface area contributed by atoms with Gasteiger partial charge in [0.25, 0.3) is 0 Å². The first kappa shape index (κ1) is 15.3. The van der Waals surface area contributed by atoms with Crippen molar-refractivity contribution in [3.63, 3.8) is 0 Å².